The van der Waals surface area contributed by atoms with Crippen molar-refractivity contribution in [1.82, 2.24) is 4.90 Å². The van der Waals surface area contributed by atoms with E-state index in [2.05, 4.69) is 12.1 Å². The number of rotatable bonds is 2. The van der Waals surface area contributed by atoms with Crippen LogP contribution in [0.2, 0.25) is 0 Å². The van der Waals surface area contributed by atoms with Gasteiger partial charge in [0.05, 0.1) is 18.7 Å². The van der Waals surface area contributed by atoms with Gasteiger partial charge in [0.1, 0.15) is 5.60 Å². The van der Waals surface area contributed by atoms with E-state index in [1.165, 1.54) is 5.56 Å². The zero-order valence-electron chi connectivity index (χ0n) is 15.9. The molecule has 1 saturated heterocycles. The number of carbonyl (C=O) groups is 2. The van der Waals surface area contributed by atoms with Gasteiger partial charge in [0.15, 0.2) is 0 Å². The molecule has 4 rings (SSSR count). The smallest absolute Gasteiger partial charge is 0.411 e. The lowest BCUT2D eigenvalue weighted by Gasteiger charge is -2.41. The predicted molar refractivity (Wildman–Crippen MR) is 96.3 cm³/mol. The molecular weight excluding hydrogens is 330 g/mol. The van der Waals surface area contributed by atoms with Crippen LogP contribution in [-0.2, 0) is 14.3 Å². The molecule has 0 unspecified atom stereocenters. The Morgan fingerprint density at radius 1 is 1.08 bits per heavy atom. The van der Waals surface area contributed by atoms with E-state index >= 15 is 0 Å². The number of esters is 1. The number of benzene rings is 1. The summed E-state index contributed by atoms with van der Waals surface area (Å²) in [6.45, 7) is 9.78. The highest BCUT2D eigenvalue weighted by molar-refractivity contribution is 5.93. The van der Waals surface area contributed by atoms with Gasteiger partial charge in [-0.3, -0.25) is 4.90 Å². The molecule has 26 heavy (non-hydrogen) atoms. The molecule has 2 heterocycles. The molecule has 0 radical (unpaired) electrons. The zero-order chi connectivity index (χ0) is 18.8. The maximum Gasteiger partial charge on any atom is 0.411 e. The second-order valence-corrected chi connectivity index (χ2v) is 8.27. The highest BCUT2D eigenvalue weighted by Crippen LogP contribution is 2.68. The summed E-state index contributed by atoms with van der Waals surface area (Å²) in [4.78, 5) is 27.3. The van der Waals surface area contributed by atoms with Gasteiger partial charge >= 0.3 is 12.1 Å². The van der Waals surface area contributed by atoms with Crippen LogP contribution < -0.4 is 0 Å². The van der Waals surface area contributed by atoms with Crippen molar-refractivity contribution in [3.05, 3.63) is 46.5 Å². The molecule has 5 heteroatoms. The number of ether oxygens (including phenoxy) is 2. The highest BCUT2D eigenvalue weighted by Gasteiger charge is 2.65. The topological polar surface area (TPSA) is 55.8 Å². The Morgan fingerprint density at radius 2 is 1.65 bits per heavy atom. The zero-order valence-corrected chi connectivity index (χ0v) is 15.9. The molecule has 1 fully saturated rings. The fourth-order valence-corrected chi connectivity index (χ4v) is 4.89. The summed E-state index contributed by atoms with van der Waals surface area (Å²) in [5, 5.41) is 0. The first-order valence-corrected chi connectivity index (χ1v) is 9.24. The van der Waals surface area contributed by atoms with Crippen LogP contribution in [0.3, 0.4) is 0 Å². The van der Waals surface area contributed by atoms with E-state index < -0.39 is 5.60 Å². The van der Waals surface area contributed by atoms with Gasteiger partial charge in [0, 0.05) is 17.4 Å². The van der Waals surface area contributed by atoms with E-state index in [1.54, 1.807) is 0 Å². The summed E-state index contributed by atoms with van der Waals surface area (Å²) >= 11 is 0. The maximum atomic E-state index is 13.0. The van der Waals surface area contributed by atoms with Gasteiger partial charge in [-0.15, -0.1) is 0 Å². The van der Waals surface area contributed by atoms with Crippen LogP contribution in [0.15, 0.2) is 35.4 Å². The van der Waals surface area contributed by atoms with Gasteiger partial charge in [-0.2, -0.15) is 0 Å². The van der Waals surface area contributed by atoms with Gasteiger partial charge in [0.2, 0.25) is 0 Å². The maximum absolute atomic E-state index is 13.0. The average Bonchev–Trinajstić information content (AvgIpc) is 3.01. The third kappa shape index (κ3) is 2.22. The number of nitrogens with zero attached hydrogens (tertiary/aromatic N) is 1. The molecule has 5 nitrogen and oxygen atoms in total. The van der Waals surface area contributed by atoms with Gasteiger partial charge in [-0.1, -0.05) is 29.8 Å². The van der Waals surface area contributed by atoms with E-state index in [4.69, 9.17) is 9.47 Å². The molecular formula is C21H25NO4. The highest BCUT2D eigenvalue weighted by atomic mass is 16.6. The minimum absolute atomic E-state index is 0.00136. The molecule has 2 aliphatic heterocycles. The number of hydrogen-bond donors (Lipinski definition) is 0. The molecule has 0 saturated carbocycles. The Morgan fingerprint density at radius 3 is 2.19 bits per heavy atom. The van der Waals surface area contributed by atoms with Crippen molar-refractivity contribution in [2.75, 3.05) is 6.61 Å². The van der Waals surface area contributed by atoms with Crippen molar-refractivity contribution in [3.8, 4) is 0 Å². The SMILES string of the molecule is CCOC(=O)C1=C(C)[C@H]2[C@@H]1[C@@H]1c3ccccc3[C@H]2N1C(=O)OC(C)(C)C. The summed E-state index contributed by atoms with van der Waals surface area (Å²) in [5.41, 5.74) is 3.53. The van der Waals surface area contributed by atoms with Crippen molar-refractivity contribution in [2.24, 2.45) is 11.8 Å². The molecule has 0 N–H and O–H groups in total. The molecule has 2 bridgehead atoms. The van der Waals surface area contributed by atoms with Gasteiger partial charge in [-0.25, -0.2) is 9.59 Å². The summed E-state index contributed by atoms with van der Waals surface area (Å²) < 4.78 is 11.0. The standard InChI is InChI=1S/C21H25NO4/c1-6-25-19(23)15-11(2)14-16(15)18-13-10-8-7-9-12(13)17(14)22(18)20(24)26-21(3,4)5/h7-10,14,16-18H,6H2,1-5H3/t14-,16-,17+,18-/m0/s1. The average molecular weight is 355 g/mol. The van der Waals surface area contributed by atoms with Crippen LogP contribution >= 0.6 is 0 Å². The Labute approximate surface area is 154 Å². The molecule has 1 aromatic rings. The summed E-state index contributed by atoms with van der Waals surface area (Å²) in [5.74, 6) is -0.0799. The molecule has 1 aliphatic carbocycles. The largest absolute Gasteiger partial charge is 0.463 e. The van der Waals surface area contributed by atoms with E-state index in [-0.39, 0.29) is 36.0 Å². The molecule has 3 aliphatic rings. The second-order valence-electron chi connectivity index (χ2n) is 8.27. The van der Waals surface area contributed by atoms with E-state index in [9.17, 15) is 9.59 Å². The molecule has 1 aromatic carbocycles. The van der Waals surface area contributed by atoms with Crippen LogP contribution in [0.25, 0.3) is 0 Å². The fourth-order valence-electron chi connectivity index (χ4n) is 4.89. The van der Waals surface area contributed by atoms with Gasteiger partial charge in [0.25, 0.3) is 0 Å². The van der Waals surface area contributed by atoms with Gasteiger partial charge < -0.3 is 9.47 Å². The quantitative estimate of drug-likeness (QED) is 0.748. The van der Waals surface area contributed by atoms with E-state index in [0.29, 0.717) is 6.61 Å². The Hall–Kier alpha value is -2.30. The number of carbonyl (C=O) groups excluding carboxylic acids is 2. The lowest BCUT2D eigenvalue weighted by molar-refractivity contribution is -0.140. The van der Waals surface area contributed by atoms with Gasteiger partial charge in [-0.05, 0) is 45.7 Å². The van der Waals surface area contributed by atoms with Crippen LogP contribution in [0.1, 0.15) is 57.8 Å². The fraction of sp³-hybridized carbons (Fsp3) is 0.524. The predicted octanol–water partition coefficient (Wildman–Crippen LogP) is 4.16. The van der Waals surface area contributed by atoms with Crippen molar-refractivity contribution in [3.63, 3.8) is 0 Å². The van der Waals surface area contributed by atoms with Crippen molar-refractivity contribution in [1.29, 1.82) is 0 Å². The lowest BCUT2D eigenvalue weighted by atomic mass is 9.60. The Bertz CT molecular complexity index is 820. The number of amides is 1. The summed E-state index contributed by atoms with van der Waals surface area (Å²) in [6.07, 6.45) is -0.311. The number of fused-ring (bicyclic) bond motifs is 8. The lowest BCUT2D eigenvalue weighted by Crippen LogP contribution is -2.38. The van der Waals surface area contributed by atoms with Crippen LogP contribution in [0.4, 0.5) is 4.79 Å². The first-order valence-electron chi connectivity index (χ1n) is 9.24. The minimum Gasteiger partial charge on any atom is -0.463 e. The van der Waals surface area contributed by atoms with Crippen molar-refractivity contribution >= 4 is 12.1 Å². The first kappa shape index (κ1) is 17.1. The minimum atomic E-state index is -0.559. The summed E-state index contributed by atoms with van der Waals surface area (Å²) in [6, 6.07) is 7.92. The Balaban J connectivity index is 1.74. The van der Waals surface area contributed by atoms with E-state index in [0.717, 1.165) is 16.7 Å². The molecule has 0 spiro atoms. The Kier molecular flexibility index (Phi) is 3.69. The molecule has 138 valence electrons. The van der Waals surface area contributed by atoms with Crippen molar-refractivity contribution in [2.45, 2.75) is 52.3 Å². The van der Waals surface area contributed by atoms with Crippen LogP contribution in [0, 0.1) is 11.8 Å². The number of hydrogen-bond acceptors (Lipinski definition) is 4. The van der Waals surface area contributed by atoms with Crippen molar-refractivity contribution < 1.29 is 19.1 Å². The monoisotopic (exact) mass is 355 g/mol. The van der Waals surface area contributed by atoms with Crippen LogP contribution in [0.5, 0.6) is 0 Å². The third-order valence-corrected chi connectivity index (χ3v) is 5.66. The first-order chi connectivity index (χ1) is 12.3. The molecule has 4 atom stereocenters. The third-order valence-electron chi connectivity index (χ3n) is 5.66. The summed E-state index contributed by atoms with van der Waals surface area (Å²) in [7, 11) is 0. The van der Waals surface area contributed by atoms with Crippen LogP contribution in [-0.4, -0.2) is 29.2 Å². The second kappa shape index (κ2) is 5.60. The normalized spacial score (nSPS) is 28.4. The molecule has 1 amide bonds. The van der Waals surface area contributed by atoms with E-state index in [1.807, 2.05) is 51.7 Å². The molecule has 0 aromatic heterocycles.